The van der Waals surface area contributed by atoms with Crippen LogP contribution >= 0.6 is 0 Å². The van der Waals surface area contributed by atoms with Crippen molar-refractivity contribution in [2.75, 3.05) is 6.54 Å². The maximum atomic E-state index is 5.75. The van der Waals surface area contributed by atoms with Crippen LogP contribution in [0.2, 0.25) is 0 Å². The van der Waals surface area contributed by atoms with Crippen LogP contribution in [0, 0.1) is 5.92 Å². The summed E-state index contributed by atoms with van der Waals surface area (Å²) in [6.45, 7) is 0.827. The van der Waals surface area contributed by atoms with Crippen LogP contribution in [0.3, 0.4) is 0 Å². The van der Waals surface area contributed by atoms with Crippen LogP contribution in [-0.4, -0.2) is 12.6 Å². The smallest absolute Gasteiger partial charge is 0.00419 e. The minimum atomic E-state index is 0.437. The Balaban J connectivity index is 2.23. The van der Waals surface area contributed by atoms with E-state index in [1.54, 1.807) is 0 Å². The van der Waals surface area contributed by atoms with Crippen molar-refractivity contribution >= 4 is 0 Å². The fourth-order valence-electron chi connectivity index (χ4n) is 1.55. The van der Waals surface area contributed by atoms with Gasteiger partial charge in [0.2, 0.25) is 0 Å². The first-order chi connectivity index (χ1) is 4.33. The molecule has 2 atom stereocenters. The summed E-state index contributed by atoms with van der Waals surface area (Å²) in [6.07, 6.45) is 4.93. The number of hydrogen-bond acceptors (Lipinski definition) is 2. The SMILES string of the molecule is NC[C@H]1CCC[C@H](N)C1. The van der Waals surface area contributed by atoms with Gasteiger partial charge in [-0.2, -0.15) is 0 Å². The average Bonchev–Trinajstić information content (AvgIpc) is 1.88. The van der Waals surface area contributed by atoms with Gasteiger partial charge in [-0.1, -0.05) is 6.42 Å². The standard InChI is InChI=1S/C7H16N2/c8-5-6-2-1-3-7(9)4-6/h6-7H,1-5,8-9H2/t6-,7-/m0/s1. The second-order valence-corrected chi connectivity index (χ2v) is 3.03. The quantitative estimate of drug-likeness (QED) is 0.539. The molecular formula is C7H16N2. The van der Waals surface area contributed by atoms with E-state index in [1.165, 1.54) is 19.3 Å². The van der Waals surface area contributed by atoms with Crippen molar-refractivity contribution in [3.63, 3.8) is 0 Å². The molecule has 1 aliphatic carbocycles. The Bertz CT molecular complexity index is 83.0. The highest BCUT2D eigenvalue weighted by molar-refractivity contribution is 4.74. The van der Waals surface area contributed by atoms with E-state index < -0.39 is 0 Å². The topological polar surface area (TPSA) is 52.0 Å². The fraction of sp³-hybridized carbons (Fsp3) is 1.00. The molecule has 4 N–H and O–H groups in total. The Morgan fingerprint density at radius 2 is 2.11 bits per heavy atom. The van der Waals surface area contributed by atoms with Gasteiger partial charge in [0.05, 0.1) is 0 Å². The zero-order valence-electron chi connectivity index (χ0n) is 5.84. The van der Waals surface area contributed by atoms with Gasteiger partial charge in [-0.25, -0.2) is 0 Å². The van der Waals surface area contributed by atoms with Gasteiger partial charge in [-0.15, -0.1) is 0 Å². The average molecular weight is 128 g/mol. The summed E-state index contributed by atoms with van der Waals surface area (Å²) in [5.74, 6) is 0.716. The highest BCUT2D eigenvalue weighted by atomic mass is 14.7. The molecule has 54 valence electrons. The molecule has 0 bridgehead atoms. The molecule has 0 unspecified atom stereocenters. The Morgan fingerprint density at radius 1 is 1.33 bits per heavy atom. The number of hydrogen-bond donors (Lipinski definition) is 2. The largest absolute Gasteiger partial charge is 0.330 e. The van der Waals surface area contributed by atoms with Crippen molar-refractivity contribution in [1.29, 1.82) is 0 Å². The van der Waals surface area contributed by atoms with Gasteiger partial charge in [0.1, 0.15) is 0 Å². The Morgan fingerprint density at radius 3 is 2.56 bits per heavy atom. The van der Waals surface area contributed by atoms with Gasteiger partial charge < -0.3 is 11.5 Å². The summed E-state index contributed by atoms with van der Waals surface area (Å²) in [5.41, 5.74) is 11.3. The summed E-state index contributed by atoms with van der Waals surface area (Å²) in [6, 6.07) is 0.437. The lowest BCUT2D eigenvalue weighted by Crippen LogP contribution is -2.31. The lowest BCUT2D eigenvalue weighted by atomic mass is 9.86. The summed E-state index contributed by atoms with van der Waals surface area (Å²) in [4.78, 5) is 0. The van der Waals surface area contributed by atoms with Crippen LogP contribution in [0.5, 0.6) is 0 Å². The van der Waals surface area contributed by atoms with Crippen LogP contribution in [0.15, 0.2) is 0 Å². The van der Waals surface area contributed by atoms with Crippen LogP contribution in [-0.2, 0) is 0 Å². The molecular weight excluding hydrogens is 112 g/mol. The molecule has 0 amide bonds. The van der Waals surface area contributed by atoms with Crippen molar-refractivity contribution in [2.45, 2.75) is 31.7 Å². The summed E-state index contributed by atoms with van der Waals surface area (Å²) >= 11 is 0. The minimum Gasteiger partial charge on any atom is -0.330 e. The third kappa shape index (κ3) is 1.95. The maximum absolute atomic E-state index is 5.75. The molecule has 9 heavy (non-hydrogen) atoms. The summed E-state index contributed by atoms with van der Waals surface area (Å²) < 4.78 is 0. The highest BCUT2D eigenvalue weighted by Crippen LogP contribution is 2.21. The van der Waals surface area contributed by atoms with E-state index in [9.17, 15) is 0 Å². The molecule has 1 saturated carbocycles. The molecule has 1 aliphatic rings. The van der Waals surface area contributed by atoms with E-state index in [4.69, 9.17) is 11.5 Å². The van der Waals surface area contributed by atoms with Crippen molar-refractivity contribution in [1.82, 2.24) is 0 Å². The molecule has 2 nitrogen and oxygen atoms in total. The van der Waals surface area contributed by atoms with Crippen molar-refractivity contribution in [2.24, 2.45) is 17.4 Å². The van der Waals surface area contributed by atoms with Gasteiger partial charge in [0.15, 0.2) is 0 Å². The van der Waals surface area contributed by atoms with E-state index in [0.29, 0.717) is 12.0 Å². The van der Waals surface area contributed by atoms with E-state index in [1.807, 2.05) is 0 Å². The lowest BCUT2D eigenvalue weighted by molar-refractivity contribution is 0.329. The fourth-order valence-corrected chi connectivity index (χ4v) is 1.55. The third-order valence-electron chi connectivity index (χ3n) is 2.16. The molecule has 0 saturated heterocycles. The first-order valence-corrected chi connectivity index (χ1v) is 3.78. The molecule has 0 spiro atoms. The molecule has 0 heterocycles. The van der Waals surface area contributed by atoms with E-state index in [-0.39, 0.29) is 0 Å². The van der Waals surface area contributed by atoms with Crippen molar-refractivity contribution in [3.05, 3.63) is 0 Å². The Hall–Kier alpha value is -0.0800. The summed E-state index contributed by atoms with van der Waals surface area (Å²) in [5, 5.41) is 0. The highest BCUT2D eigenvalue weighted by Gasteiger charge is 2.16. The van der Waals surface area contributed by atoms with E-state index in [0.717, 1.165) is 13.0 Å². The normalized spacial score (nSPS) is 36.7. The van der Waals surface area contributed by atoms with Gasteiger partial charge in [-0.3, -0.25) is 0 Å². The molecule has 0 aromatic rings. The van der Waals surface area contributed by atoms with Crippen LogP contribution in [0.1, 0.15) is 25.7 Å². The van der Waals surface area contributed by atoms with Crippen LogP contribution < -0.4 is 11.5 Å². The molecule has 0 radical (unpaired) electrons. The van der Waals surface area contributed by atoms with E-state index >= 15 is 0 Å². The molecule has 0 aliphatic heterocycles. The zero-order valence-corrected chi connectivity index (χ0v) is 5.84. The molecule has 1 rings (SSSR count). The van der Waals surface area contributed by atoms with Crippen molar-refractivity contribution < 1.29 is 0 Å². The lowest BCUT2D eigenvalue weighted by Gasteiger charge is -2.24. The number of rotatable bonds is 1. The molecule has 0 aromatic heterocycles. The minimum absolute atomic E-state index is 0.437. The van der Waals surface area contributed by atoms with E-state index in [2.05, 4.69) is 0 Å². The van der Waals surface area contributed by atoms with Crippen LogP contribution in [0.25, 0.3) is 0 Å². The molecule has 0 aromatic carbocycles. The predicted octanol–water partition coefficient (Wildman–Crippen LogP) is 0.463. The summed E-state index contributed by atoms with van der Waals surface area (Å²) in [7, 11) is 0. The second kappa shape index (κ2) is 3.18. The molecule has 2 heteroatoms. The van der Waals surface area contributed by atoms with Crippen molar-refractivity contribution in [3.8, 4) is 0 Å². The maximum Gasteiger partial charge on any atom is 0.00419 e. The molecule has 1 fully saturated rings. The van der Waals surface area contributed by atoms with Crippen LogP contribution in [0.4, 0.5) is 0 Å². The van der Waals surface area contributed by atoms with Gasteiger partial charge in [-0.05, 0) is 31.7 Å². The first-order valence-electron chi connectivity index (χ1n) is 3.78. The Labute approximate surface area is 56.6 Å². The zero-order chi connectivity index (χ0) is 6.69. The monoisotopic (exact) mass is 128 g/mol. The number of nitrogens with two attached hydrogens (primary N) is 2. The first kappa shape index (κ1) is 7.03. The Kier molecular flexibility index (Phi) is 2.49. The van der Waals surface area contributed by atoms with Gasteiger partial charge in [0, 0.05) is 6.04 Å². The third-order valence-corrected chi connectivity index (χ3v) is 2.16. The van der Waals surface area contributed by atoms with Gasteiger partial charge >= 0.3 is 0 Å². The predicted molar refractivity (Wildman–Crippen MR) is 39.0 cm³/mol. The second-order valence-electron chi connectivity index (χ2n) is 3.03. The van der Waals surface area contributed by atoms with Gasteiger partial charge in [0.25, 0.3) is 0 Å².